The first-order valence-corrected chi connectivity index (χ1v) is 6.61. The van der Waals surface area contributed by atoms with E-state index in [0.717, 1.165) is 5.69 Å². The summed E-state index contributed by atoms with van der Waals surface area (Å²) >= 11 is 0. The predicted octanol–water partition coefficient (Wildman–Crippen LogP) is 3.96. The van der Waals surface area contributed by atoms with Gasteiger partial charge in [0, 0.05) is 17.4 Å². The first-order chi connectivity index (χ1) is 7.97. The molecule has 0 aromatic heterocycles. The summed E-state index contributed by atoms with van der Waals surface area (Å²) in [7, 11) is 0. The Morgan fingerprint density at radius 1 is 1.24 bits per heavy atom. The van der Waals surface area contributed by atoms with Crippen molar-refractivity contribution in [2.45, 2.75) is 52.5 Å². The summed E-state index contributed by atoms with van der Waals surface area (Å²) < 4.78 is 0. The van der Waals surface area contributed by atoms with Gasteiger partial charge in [-0.2, -0.15) is 0 Å². The van der Waals surface area contributed by atoms with Crippen molar-refractivity contribution in [1.29, 1.82) is 0 Å². The molecule has 0 bridgehead atoms. The van der Waals surface area contributed by atoms with E-state index in [0.29, 0.717) is 11.5 Å². The molecule has 1 aromatic rings. The van der Waals surface area contributed by atoms with Gasteiger partial charge in [0.2, 0.25) is 0 Å². The standard InChI is InChI=1S/C15H24N2/c1-11-8-12(16)10-13(9-11)17-14-6-4-5-7-15(14,2)3/h8-10,14,17H,4-7,16H2,1-3H3. The van der Waals surface area contributed by atoms with Crippen LogP contribution < -0.4 is 11.1 Å². The molecule has 1 fully saturated rings. The van der Waals surface area contributed by atoms with Crippen molar-refractivity contribution in [2.24, 2.45) is 5.41 Å². The number of hydrogen-bond donors (Lipinski definition) is 2. The number of anilines is 2. The molecule has 2 rings (SSSR count). The molecule has 17 heavy (non-hydrogen) atoms. The third-order valence-corrected chi connectivity index (χ3v) is 3.95. The van der Waals surface area contributed by atoms with Crippen LogP contribution in [0.15, 0.2) is 18.2 Å². The van der Waals surface area contributed by atoms with Crippen molar-refractivity contribution in [3.05, 3.63) is 23.8 Å². The fraction of sp³-hybridized carbons (Fsp3) is 0.600. The van der Waals surface area contributed by atoms with Gasteiger partial charge >= 0.3 is 0 Å². The Balaban J connectivity index is 2.14. The second-order valence-corrected chi connectivity index (χ2v) is 6.06. The van der Waals surface area contributed by atoms with Gasteiger partial charge in [-0.15, -0.1) is 0 Å². The van der Waals surface area contributed by atoms with E-state index in [1.807, 2.05) is 12.1 Å². The number of nitrogens with one attached hydrogen (secondary N) is 1. The molecule has 0 radical (unpaired) electrons. The van der Waals surface area contributed by atoms with Crippen molar-refractivity contribution in [1.82, 2.24) is 0 Å². The smallest absolute Gasteiger partial charge is 0.0365 e. The quantitative estimate of drug-likeness (QED) is 0.757. The molecule has 1 atom stereocenters. The lowest BCUT2D eigenvalue weighted by molar-refractivity contribution is 0.217. The molecular weight excluding hydrogens is 208 g/mol. The maximum Gasteiger partial charge on any atom is 0.0365 e. The molecule has 1 saturated carbocycles. The molecule has 3 N–H and O–H groups in total. The molecular formula is C15H24N2. The Morgan fingerprint density at radius 3 is 2.65 bits per heavy atom. The Hall–Kier alpha value is -1.18. The van der Waals surface area contributed by atoms with Crippen molar-refractivity contribution in [3.63, 3.8) is 0 Å². The van der Waals surface area contributed by atoms with E-state index in [-0.39, 0.29) is 0 Å². The molecule has 1 aromatic carbocycles. The minimum absolute atomic E-state index is 0.386. The number of hydrogen-bond acceptors (Lipinski definition) is 2. The van der Waals surface area contributed by atoms with E-state index < -0.39 is 0 Å². The molecule has 1 aliphatic carbocycles. The van der Waals surface area contributed by atoms with Crippen LogP contribution in [0.25, 0.3) is 0 Å². The van der Waals surface area contributed by atoms with E-state index >= 15 is 0 Å². The Kier molecular flexibility index (Phi) is 3.32. The van der Waals surface area contributed by atoms with Crippen molar-refractivity contribution >= 4 is 11.4 Å². The van der Waals surface area contributed by atoms with Gasteiger partial charge in [-0.25, -0.2) is 0 Å². The van der Waals surface area contributed by atoms with Gasteiger partial charge in [-0.05, 0) is 48.9 Å². The van der Waals surface area contributed by atoms with Gasteiger partial charge < -0.3 is 11.1 Å². The summed E-state index contributed by atoms with van der Waals surface area (Å²) in [5.41, 5.74) is 9.52. The van der Waals surface area contributed by atoms with Crippen LogP contribution in [0.2, 0.25) is 0 Å². The second-order valence-electron chi connectivity index (χ2n) is 6.06. The molecule has 0 aliphatic heterocycles. The third-order valence-electron chi connectivity index (χ3n) is 3.95. The average molecular weight is 232 g/mol. The summed E-state index contributed by atoms with van der Waals surface area (Å²) in [6, 6.07) is 6.80. The lowest BCUT2D eigenvalue weighted by Crippen LogP contribution is -2.38. The number of aryl methyl sites for hydroxylation is 1. The SMILES string of the molecule is Cc1cc(N)cc(NC2CCCCC2(C)C)c1. The van der Waals surface area contributed by atoms with Gasteiger partial charge in [-0.3, -0.25) is 0 Å². The highest BCUT2D eigenvalue weighted by molar-refractivity contribution is 5.57. The van der Waals surface area contributed by atoms with E-state index in [1.165, 1.54) is 36.9 Å². The van der Waals surface area contributed by atoms with Crippen LogP contribution >= 0.6 is 0 Å². The normalized spacial score (nSPS) is 23.4. The molecule has 2 heteroatoms. The van der Waals surface area contributed by atoms with Crippen LogP contribution in [0.4, 0.5) is 11.4 Å². The molecule has 0 heterocycles. The summed E-state index contributed by atoms with van der Waals surface area (Å²) in [5, 5.41) is 3.67. The molecule has 1 aliphatic rings. The van der Waals surface area contributed by atoms with Crippen LogP contribution in [0.1, 0.15) is 45.1 Å². The molecule has 1 unspecified atom stereocenters. The first-order valence-electron chi connectivity index (χ1n) is 6.61. The zero-order valence-corrected chi connectivity index (χ0v) is 11.2. The van der Waals surface area contributed by atoms with Crippen molar-refractivity contribution in [3.8, 4) is 0 Å². The van der Waals surface area contributed by atoms with E-state index in [1.54, 1.807) is 0 Å². The Morgan fingerprint density at radius 2 is 2.00 bits per heavy atom. The van der Waals surface area contributed by atoms with Gasteiger partial charge in [0.05, 0.1) is 0 Å². The lowest BCUT2D eigenvalue weighted by Gasteiger charge is -2.39. The minimum Gasteiger partial charge on any atom is -0.399 e. The number of nitrogen functional groups attached to an aromatic ring is 1. The highest BCUT2D eigenvalue weighted by Gasteiger charge is 2.31. The Bertz CT molecular complexity index is 376. The monoisotopic (exact) mass is 232 g/mol. The van der Waals surface area contributed by atoms with E-state index in [4.69, 9.17) is 5.73 Å². The molecule has 0 spiro atoms. The molecule has 0 saturated heterocycles. The van der Waals surface area contributed by atoms with Crippen LogP contribution in [0.5, 0.6) is 0 Å². The summed E-state index contributed by atoms with van der Waals surface area (Å²) in [4.78, 5) is 0. The van der Waals surface area contributed by atoms with Crippen LogP contribution in [0, 0.1) is 12.3 Å². The lowest BCUT2D eigenvalue weighted by atomic mass is 9.73. The van der Waals surface area contributed by atoms with Crippen molar-refractivity contribution in [2.75, 3.05) is 11.1 Å². The topological polar surface area (TPSA) is 38.0 Å². The number of nitrogens with two attached hydrogens (primary N) is 1. The molecule has 2 nitrogen and oxygen atoms in total. The van der Waals surface area contributed by atoms with Crippen LogP contribution in [-0.4, -0.2) is 6.04 Å². The van der Waals surface area contributed by atoms with Gasteiger partial charge in [-0.1, -0.05) is 26.7 Å². The zero-order chi connectivity index (χ0) is 12.5. The van der Waals surface area contributed by atoms with Gasteiger partial charge in [0.1, 0.15) is 0 Å². The second kappa shape index (κ2) is 4.59. The van der Waals surface area contributed by atoms with Crippen LogP contribution in [0.3, 0.4) is 0 Å². The summed E-state index contributed by atoms with van der Waals surface area (Å²) in [6.45, 7) is 6.82. The summed E-state index contributed by atoms with van der Waals surface area (Å²) in [5.74, 6) is 0. The molecule has 0 amide bonds. The predicted molar refractivity (Wildman–Crippen MR) is 75.3 cm³/mol. The maximum absolute atomic E-state index is 5.89. The highest BCUT2D eigenvalue weighted by Crippen LogP contribution is 2.37. The summed E-state index contributed by atoms with van der Waals surface area (Å²) in [6.07, 6.45) is 5.27. The Labute approximate surface area is 105 Å². The third kappa shape index (κ3) is 2.93. The maximum atomic E-state index is 5.89. The number of rotatable bonds is 2. The fourth-order valence-electron chi connectivity index (χ4n) is 2.86. The largest absolute Gasteiger partial charge is 0.399 e. The van der Waals surface area contributed by atoms with Gasteiger partial charge in [0.25, 0.3) is 0 Å². The van der Waals surface area contributed by atoms with Gasteiger partial charge in [0.15, 0.2) is 0 Å². The fourth-order valence-corrected chi connectivity index (χ4v) is 2.86. The van der Waals surface area contributed by atoms with Crippen LogP contribution in [-0.2, 0) is 0 Å². The first kappa shape index (κ1) is 12.3. The zero-order valence-electron chi connectivity index (χ0n) is 11.2. The highest BCUT2D eigenvalue weighted by atomic mass is 14.9. The number of benzene rings is 1. The molecule has 94 valence electrons. The van der Waals surface area contributed by atoms with E-state index in [9.17, 15) is 0 Å². The average Bonchev–Trinajstić information content (AvgIpc) is 2.19. The van der Waals surface area contributed by atoms with Crippen molar-refractivity contribution < 1.29 is 0 Å². The van der Waals surface area contributed by atoms with E-state index in [2.05, 4.69) is 32.2 Å². The minimum atomic E-state index is 0.386.